The third kappa shape index (κ3) is 2.37. The van der Waals surface area contributed by atoms with E-state index in [9.17, 15) is 5.26 Å². The Labute approximate surface area is 138 Å². The molecule has 112 valence electrons. The SMILES string of the molecule is N#CC1(c2ccc(Nc3ncnc4cccnc34)cc2Cl)CC1. The number of aromatic nitrogens is 3. The zero-order chi connectivity index (χ0) is 15.9. The van der Waals surface area contributed by atoms with E-state index in [0.717, 1.165) is 29.6 Å². The second-order valence-corrected chi connectivity index (χ2v) is 6.01. The van der Waals surface area contributed by atoms with Gasteiger partial charge in [-0.3, -0.25) is 4.98 Å². The first-order valence-electron chi connectivity index (χ1n) is 7.26. The van der Waals surface area contributed by atoms with Crippen molar-refractivity contribution in [1.29, 1.82) is 5.26 Å². The minimum atomic E-state index is -0.390. The largest absolute Gasteiger partial charge is 0.338 e. The molecule has 0 spiro atoms. The number of nitrogens with zero attached hydrogens (tertiary/aromatic N) is 4. The van der Waals surface area contributed by atoms with Gasteiger partial charge in [0.1, 0.15) is 11.8 Å². The molecule has 2 heterocycles. The number of benzene rings is 1. The highest BCUT2D eigenvalue weighted by atomic mass is 35.5. The van der Waals surface area contributed by atoms with Crippen LogP contribution in [-0.2, 0) is 5.41 Å². The van der Waals surface area contributed by atoms with Crippen LogP contribution in [0.3, 0.4) is 0 Å². The Hall–Kier alpha value is -2.71. The van der Waals surface area contributed by atoms with Crippen LogP contribution in [0.15, 0.2) is 42.9 Å². The maximum atomic E-state index is 9.31. The fourth-order valence-corrected chi connectivity index (χ4v) is 3.03. The Morgan fingerprint density at radius 2 is 2.04 bits per heavy atom. The molecular weight excluding hydrogens is 310 g/mol. The fourth-order valence-electron chi connectivity index (χ4n) is 2.67. The number of hydrogen-bond acceptors (Lipinski definition) is 5. The van der Waals surface area contributed by atoms with Crippen molar-refractivity contribution >= 4 is 34.1 Å². The van der Waals surface area contributed by atoms with E-state index >= 15 is 0 Å². The molecule has 0 atom stereocenters. The minimum Gasteiger partial charge on any atom is -0.338 e. The van der Waals surface area contributed by atoms with Gasteiger partial charge in [-0.15, -0.1) is 0 Å². The first kappa shape index (κ1) is 13.9. The predicted octanol–water partition coefficient (Wildman–Crippen LogP) is 3.98. The predicted molar refractivity (Wildman–Crippen MR) is 88.6 cm³/mol. The maximum absolute atomic E-state index is 9.31. The van der Waals surface area contributed by atoms with E-state index in [1.54, 1.807) is 6.20 Å². The monoisotopic (exact) mass is 321 g/mol. The molecule has 4 rings (SSSR count). The van der Waals surface area contributed by atoms with Gasteiger partial charge in [-0.1, -0.05) is 17.7 Å². The van der Waals surface area contributed by atoms with Crippen LogP contribution in [0, 0.1) is 11.3 Å². The summed E-state index contributed by atoms with van der Waals surface area (Å²) in [4.78, 5) is 12.8. The summed E-state index contributed by atoms with van der Waals surface area (Å²) in [7, 11) is 0. The van der Waals surface area contributed by atoms with Crippen LogP contribution in [-0.4, -0.2) is 15.0 Å². The number of pyridine rings is 1. The van der Waals surface area contributed by atoms with E-state index in [4.69, 9.17) is 11.6 Å². The Morgan fingerprint density at radius 3 is 2.78 bits per heavy atom. The molecule has 23 heavy (non-hydrogen) atoms. The number of fused-ring (bicyclic) bond motifs is 1. The van der Waals surface area contributed by atoms with Gasteiger partial charge in [-0.2, -0.15) is 5.26 Å². The summed E-state index contributed by atoms with van der Waals surface area (Å²) in [6.07, 6.45) is 4.95. The van der Waals surface area contributed by atoms with Crippen molar-refractivity contribution in [3.05, 3.63) is 53.4 Å². The van der Waals surface area contributed by atoms with Crippen molar-refractivity contribution in [3.8, 4) is 6.07 Å². The summed E-state index contributed by atoms with van der Waals surface area (Å²) in [6, 6.07) is 11.7. The molecule has 5 nitrogen and oxygen atoms in total. The van der Waals surface area contributed by atoms with Crippen LogP contribution in [0.4, 0.5) is 11.5 Å². The molecule has 0 bridgehead atoms. The van der Waals surface area contributed by atoms with Gasteiger partial charge < -0.3 is 5.32 Å². The van der Waals surface area contributed by atoms with Crippen molar-refractivity contribution in [2.45, 2.75) is 18.3 Å². The average Bonchev–Trinajstić information content (AvgIpc) is 3.36. The molecule has 0 unspecified atom stereocenters. The highest BCUT2D eigenvalue weighted by molar-refractivity contribution is 6.31. The van der Waals surface area contributed by atoms with Gasteiger partial charge in [0.25, 0.3) is 0 Å². The van der Waals surface area contributed by atoms with E-state index in [1.807, 2.05) is 30.3 Å². The number of rotatable bonds is 3. The maximum Gasteiger partial charge on any atom is 0.160 e. The second-order valence-electron chi connectivity index (χ2n) is 5.61. The van der Waals surface area contributed by atoms with E-state index in [2.05, 4.69) is 26.3 Å². The summed E-state index contributed by atoms with van der Waals surface area (Å²) >= 11 is 6.38. The van der Waals surface area contributed by atoms with Gasteiger partial charge >= 0.3 is 0 Å². The second kappa shape index (κ2) is 5.18. The molecule has 0 saturated heterocycles. The molecule has 3 aromatic rings. The molecule has 1 aromatic carbocycles. The van der Waals surface area contributed by atoms with Gasteiger partial charge in [0, 0.05) is 16.9 Å². The number of halogens is 1. The van der Waals surface area contributed by atoms with Crippen LogP contribution in [0.1, 0.15) is 18.4 Å². The van der Waals surface area contributed by atoms with Crippen LogP contribution >= 0.6 is 11.6 Å². The van der Waals surface area contributed by atoms with Crippen molar-refractivity contribution < 1.29 is 0 Å². The molecule has 1 aliphatic carbocycles. The average molecular weight is 322 g/mol. The lowest BCUT2D eigenvalue weighted by atomic mass is 9.97. The van der Waals surface area contributed by atoms with E-state index in [1.165, 1.54) is 6.33 Å². The lowest BCUT2D eigenvalue weighted by Crippen LogP contribution is -2.04. The smallest absolute Gasteiger partial charge is 0.160 e. The summed E-state index contributed by atoms with van der Waals surface area (Å²) in [6.45, 7) is 0. The standard InChI is InChI=1S/C17H12ClN5/c18-13-8-11(3-4-12(13)17(9-19)5-6-17)23-16-15-14(21-10-22-16)2-1-7-20-15/h1-4,7-8,10H,5-6H2,(H,21,22,23). The van der Waals surface area contributed by atoms with E-state index < -0.39 is 5.41 Å². The fraction of sp³-hybridized carbons (Fsp3) is 0.176. The number of hydrogen-bond donors (Lipinski definition) is 1. The van der Waals surface area contributed by atoms with Crippen LogP contribution in [0.25, 0.3) is 11.0 Å². The van der Waals surface area contributed by atoms with Crippen LogP contribution in [0.2, 0.25) is 5.02 Å². The molecular formula is C17H12ClN5. The third-order valence-corrected chi connectivity index (χ3v) is 4.42. The Balaban J connectivity index is 1.69. The Bertz CT molecular complexity index is 938. The van der Waals surface area contributed by atoms with E-state index in [0.29, 0.717) is 16.4 Å². The molecule has 1 saturated carbocycles. The quantitative estimate of drug-likeness (QED) is 0.789. The van der Waals surface area contributed by atoms with Gasteiger partial charge in [0.05, 0.1) is 17.0 Å². The zero-order valence-corrected chi connectivity index (χ0v) is 12.9. The Kier molecular flexibility index (Phi) is 3.14. The molecule has 0 aliphatic heterocycles. The van der Waals surface area contributed by atoms with E-state index in [-0.39, 0.29) is 0 Å². The lowest BCUT2D eigenvalue weighted by Gasteiger charge is -2.12. The lowest BCUT2D eigenvalue weighted by molar-refractivity contribution is 0.909. The van der Waals surface area contributed by atoms with Crippen molar-refractivity contribution in [3.63, 3.8) is 0 Å². The molecule has 0 amide bonds. The summed E-state index contributed by atoms with van der Waals surface area (Å²) in [5, 5.41) is 13.1. The Morgan fingerprint density at radius 1 is 1.17 bits per heavy atom. The van der Waals surface area contributed by atoms with Crippen molar-refractivity contribution in [1.82, 2.24) is 15.0 Å². The van der Waals surface area contributed by atoms with Gasteiger partial charge in [-0.25, -0.2) is 9.97 Å². The van der Waals surface area contributed by atoms with Gasteiger partial charge in [0.15, 0.2) is 5.82 Å². The summed E-state index contributed by atoms with van der Waals surface area (Å²) in [5.74, 6) is 0.626. The highest BCUT2D eigenvalue weighted by Crippen LogP contribution is 2.50. The van der Waals surface area contributed by atoms with Gasteiger partial charge in [-0.05, 0) is 42.7 Å². The molecule has 6 heteroatoms. The molecule has 2 aromatic heterocycles. The molecule has 1 fully saturated rings. The first-order valence-corrected chi connectivity index (χ1v) is 7.64. The molecule has 1 N–H and O–H groups in total. The number of anilines is 2. The highest BCUT2D eigenvalue weighted by Gasteiger charge is 2.46. The van der Waals surface area contributed by atoms with Crippen LogP contribution < -0.4 is 5.32 Å². The summed E-state index contributed by atoms with van der Waals surface area (Å²) in [5.41, 5.74) is 2.79. The first-order chi connectivity index (χ1) is 11.2. The van der Waals surface area contributed by atoms with Crippen molar-refractivity contribution in [2.75, 3.05) is 5.32 Å². The zero-order valence-electron chi connectivity index (χ0n) is 12.1. The molecule has 1 aliphatic rings. The minimum absolute atomic E-state index is 0.390. The van der Waals surface area contributed by atoms with Crippen LogP contribution in [0.5, 0.6) is 0 Å². The number of nitriles is 1. The van der Waals surface area contributed by atoms with Gasteiger partial charge in [0.2, 0.25) is 0 Å². The van der Waals surface area contributed by atoms with Crippen molar-refractivity contribution in [2.24, 2.45) is 0 Å². The normalized spacial score (nSPS) is 15.1. The topological polar surface area (TPSA) is 74.5 Å². The third-order valence-electron chi connectivity index (χ3n) is 4.11. The summed E-state index contributed by atoms with van der Waals surface area (Å²) < 4.78 is 0. The molecule has 0 radical (unpaired) electrons. The number of nitrogens with one attached hydrogen (secondary N) is 1.